The van der Waals surface area contributed by atoms with Gasteiger partial charge in [0.2, 0.25) is 0 Å². The van der Waals surface area contributed by atoms with Crippen LogP contribution in [0.2, 0.25) is 0 Å². The van der Waals surface area contributed by atoms with Gasteiger partial charge in [0.15, 0.2) is 16.4 Å². The van der Waals surface area contributed by atoms with Crippen LogP contribution in [0, 0.1) is 0 Å². The van der Waals surface area contributed by atoms with Crippen LogP contribution in [-0.2, 0) is 24.2 Å². The quantitative estimate of drug-likeness (QED) is 0.438. The average Bonchev–Trinajstić information content (AvgIpc) is 2.94. The highest BCUT2D eigenvalue weighted by Gasteiger charge is 2.35. The number of carbonyl (C=O) groups excluding carboxylic acids is 2. The van der Waals surface area contributed by atoms with E-state index >= 15 is 0 Å². The molecule has 134 valence electrons. The number of hydrogen-bond acceptors (Lipinski definition) is 5. The maximum Gasteiger partial charge on any atom is 0.331 e. The number of esters is 1. The van der Waals surface area contributed by atoms with Crippen LogP contribution < -0.4 is 4.90 Å². The molecule has 1 aromatic rings. The summed E-state index contributed by atoms with van der Waals surface area (Å²) < 4.78 is 28.5. The summed E-state index contributed by atoms with van der Waals surface area (Å²) in [5.41, 5.74) is 0.593. The Morgan fingerprint density at radius 1 is 1.24 bits per heavy atom. The first kappa shape index (κ1) is 18.9. The molecule has 0 spiro atoms. The number of allylic oxidation sites excluding steroid dienone is 3. The molecule has 1 aliphatic rings. The number of sulfone groups is 1. The Bertz CT molecular complexity index is 768. The van der Waals surface area contributed by atoms with Gasteiger partial charge in [-0.1, -0.05) is 36.4 Å². The summed E-state index contributed by atoms with van der Waals surface area (Å²) in [6.07, 6.45) is 6.54. The minimum absolute atomic E-state index is 0.0557. The molecule has 1 aliphatic heterocycles. The van der Waals surface area contributed by atoms with Crippen LogP contribution in [0.25, 0.3) is 0 Å². The fraction of sp³-hybridized carbons (Fsp3) is 0.333. The summed E-state index contributed by atoms with van der Waals surface area (Å²) in [5, 5.41) is 0. The monoisotopic (exact) mass is 363 g/mol. The van der Waals surface area contributed by atoms with E-state index in [4.69, 9.17) is 4.74 Å². The molecule has 0 unspecified atom stereocenters. The Labute approximate surface area is 147 Å². The van der Waals surface area contributed by atoms with Gasteiger partial charge in [0.05, 0.1) is 17.5 Å². The van der Waals surface area contributed by atoms with Crippen molar-refractivity contribution >= 4 is 27.4 Å². The van der Waals surface area contributed by atoms with Crippen LogP contribution in [0.4, 0.5) is 5.69 Å². The normalized spacial score (nSPS) is 19.3. The summed E-state index contributed by atoms with van der Waals surface area (Å²) in [5.74, 6) is -1.09. The number of para-hydroxylation sites is 1. The third-order valence-electron chi connectivity index (χ3n) is 3.75. The highest BCUT2D eigenvalue weighted by Crippen LogP contribution is 2.24. The molecule has 1 atom stereocenters. The molecule has 1 amide bonds. The number of benzene rings is 1. The Morgan fingerprint density at radius 3 is 2.56 bits per heavy atom. The SMILES string of the molecule is C/C=C/C=C/C(=O)OCC(=O)N(c1ccccc1)[C@@H]1CCS(=O)(=O)C1. The molecule has 7 heteroatoms. The van der Waals surface area contributed by atoms with Gasteiger partial charge in [-0.15, -0.1) is 0 Å². The van der Waals surface area contributed by atoms with E-state index in [0.717, 1.165) is 0 Å². The molecule has 0 radical (unpaired) electrons. The minimum Gasteiger partial charge on any atom is -0.452 e. The van der Waals surface area contributed by atoms with E-state index < -0.39 is 34.4 Å². The number of carbonyl (C=O) groups is 2. The first-order chi connectivity index (χ1) is 11.9. The zero-order valence-electron chi connectivity index (χ0n) is 14.0. The molecule has 0 N–H and O–H groups in total. The summed E-state index contributed by atoms with van der Waals surface area (Å²) in [6.45, 7) is 1.37. The molecule has 0 aromatic heterocycles. The Kier molecular flexibility index (Phi) is 6.52. The third-order valence-corrected chi connectivity index (χ3v) is 5.50. The number of hydrogen-bond donors (Lipinski definition) is 0. The van der Waals surface area contributed by atoms with Crippen LogP contribution in [0.3, 0.4) is 0 Å². The van der Waals surface area contributed by atoms with Crippen molar-refractivity contribution in [3.8, 4) is 0 Å². The van der Waals surface area contributed by atoms with Crippen molar-refractivity contribution in [1.82, 2.24) is 0 Å². The fourth-order valence-electron chi connectivity index (χ4n) is 2.62. The van der Waals surface area contributed by atoms with Gasteiger partial charge in [0.25, 0.3) is 5.91 Å². The molecular formula is C18H21NO5S. The number of nitrogens with zero attached hydrogens (tertiary/aromatic N) is 1. The smallest absolute Gasteiger partial charge is 0.331 e. The molecule has 6 nitrogen and oxygen atoms in total. The number of anilines is 1. The molecule has 1 saturated heterocycles. The predicted molar refractivity (Wildman–Crippen MR) is 95.9 cm³/mol. The van der Waals surface area contributed by atoms with Gasteiger partial charge in [-0.3, -0.25) is 4.79 Å². The summed E-state index contributed by atoms with van der Waals surface area (Å²) in [4.78, 5) is 25.6. The van der Waals surface area contributed by atoms with Gasteiger partial charge in [0, 0.05) is 11.8 Å². The van der Waals surface area contributed by atoms with E-state index in [1.54, 1.807) is 36.4 Å². The molecular weight excluding hydrogens is 342 g/mol. The second-order valence-electron chi connectivity index (χ2n) is 5.65. The predicted octanol–water partition coefficient (Wildman–Crippen LogP) is 1.88. The maximum atomic E-state index is 12.6. The third kappa shape index (κ3) is 5.56. The lowest BCUT2D eigenvalue weighted by atomic mass is 10.2. The molecule has 0 bridgehead atoms. The van der Waals surface area contributed by atoms with Crippen molar-refractivity contribution in [3.05, 3.63) is 54.6 Å². The highest BCUT2D eigenvalue weighted by atomic mass is 32.2. The lowest BCUT2D eigenvalue weighted by Crippen LogP contribution is -2.43. The van der Waals surface area contributed by atoms with Crippen molar-refractivity contribution in [2.24, 2.45) is 0 Å². The van der Waals surface area contributed by atoms with Crippen LogP contribution in [-0.4, -0.2) is 44.4 Å². The first-order valence-corrected chi connectivity index (χ1v) is 9.79. The van der Waals surface area contributed by atoms with Crippen LogP contribution >= 0.6 is 0 Å². The first-order valence-electron chi connectivity index (χ1n) is 7.96. The van der Waals surface area contributed by atoms with Gasteiger partial charge in [-0.2, -0.15) is 0 Å². The van der Waals surface area contributed by atoms with Crippen molar-refractivity contribution in [1.29, 1.82) is 0 Å². The van der Waals surface area contributed by atoms with Crippen molar-refractivity contribution < 1.29 is 22.7 Å². The topological polar surface area (TPSA) is 80.8 Å². The Hall–Kier alpha value is -2.41. The van der Waals surface area contributed by atoms with E-state index in [0.29, 0.717) is 12.1 Å². The standard InChI is InChI=1S/C18H21NO5S/c1-2-3-5-10-18(21)24-13-17(20)19(15-8-6-4-7-9-15)16-11-12-25(22,23)14-16/h2-10,16H,11-14H2,1H3/b3-2+,10-5+/t16-/m1/s1. The Balaban J connectivity index is 2.10. The molecule has 0 saturated carbocycles. The highest BCUT2D eigenvalue weighted by molar-refractivity contribution is 7.91. The van der Waals surface area contributed by atoms with E-state index in [2.05, 4.69) is 0 Å². The van der Waals surface area contributed by atoms with Crippen molar-refractivity contribution in [2.45, 2.75) is 19.4 Å². The number of amides is 1. The van der Waals surface area contributed by atoms with Crippen LogP contribution in [0.5, 0.6) is 0 Å². The van der Waals surface area contributed by atoms with Crippen molar-refractivity contribution in [3.63, 3.8) is 0 Å². The van der Waals surface area contributed by atoms with Crippen LogP contribution in [0.1, 0.15) is 13.3 Å². The maximum absolute atomic E-state index is 12.6. The summed E-state index contributed by atoms with van der Waals surface area (Å²) >= 11 is 0. The van der Waals surface area contributed by atoms with Gasteiger partial charge < -0.3 is 9.64 Å². The summed E-state index contributed by atoms with van der Waals surface area (Å²) in [6, 6.07) is 8.37. The lowest BCUT2D eigenvalue weighted by molar-refractivity contribution is -0.143. The Morgan fingerprint density at radius 2 is 1.96 bits per heavy atom. The zero-order valence-corrected chi connectivity index (χ0v) is 14.8. The van der Waals surface area contributed by atoms with Crippen molar-refractivity contribution in [2.75, 3.05) is 23.0 Å². The molecule has 1 aromatic carbocycles. The summed E-state index contributed by atoms with van der Waals surface area (Å²) in [7, 11) is -3.15. The fourth-order valence-corrected chi connectivity index (χ4v) is 4.32. The van der Waals surface area contributed by atoms with Gasteiger partial charge >= 0.3 is 5.97 Å². The zero-order chi connectivity index (χ0) is 18.3. The van der Waals surface area contributed by atoms with Gasteiger partial charge in [-0.05, 0) is 25.5 Å². The molecule has 1 fully saturated rings. The van der Waals surface area contributed by atoms with E-state index in [1.807, 2.05) is 13.0 Å². The second-order valence-corrected chi connectivity index (χ2v) is 7.88. The van der Waals surface area contributed by atoms with E-state index in [1.165, 1.54) is 17.1 Å². The average molecular weight is 363 g/mol. The minimum atomic E-state index is -3.15. The molecule has 25 heavy (non-hydrogen) atoms. The number of rotatable bonds is 6. The second kappa shape index (κ2) is 8.62. The van der Waals surface area contributed by atoms with E-state index in [9.17, 15) is 18.0 Å². The molecule has 1 heterocycles. The largest absolute Gasteiger partial charge is 0.452 e. The van der Waals surface area contributed by atoms with Gasteiger partial charge in [0.1, 0.15) is 0 Å². The molecule has 2 rings (SSSR count). The number of ether oxygens (including phenoxy) is 1. The van der Waals surface area contributed by atoms with Crippen LogP contribution in [0.15, 0.2) is 54.6 Å². The molecule has 0 aliphatic carbocycles. The van der Waals surface area contributed by atoms with E-state index in [-0.39, 0.29) is 11.5 Å². The lowest BCUT2D eigenvalue weighted by Gasteiger charge is -2.28. The van der Waals surface area contributed by atoms with Gasteiger partial charge in [-0.25, -0.2) is 13.2 Å².